The number of carbonyl (C=O) groups is 1. The van der Waals surface area contributed by atoms with Crippen molar-refractivity contribution in [3.8, 4) is 0 Å². The van der Waals surface area contributed by atoms with E-state index in [0.29, 0.717) is 11.0 Å². The van der Waals surface area contributed by atoms with Crippen LogP contribution >= 0.6 is 21.7 Å². The molecular weight excluding hydrogens is 131 g/mol. The van der Waals surface area contributed by atoms with Crippen molar-refractivity contribution in [3.05, 3.63) is 0 Å². The quantitative estimate of drug-likeness (QED) is 0.461. The Morgan fingerprint density at radius 3 is 2.20 bits per heavy atom. The first-order chi connectivity index (χ1) is 2.27. The van der Waals surface area contributed by atoms with Crippen molar-refractivity contribution >= 4 is 26.2 Å². The summed E-state index contributed by atoms with van der Waals surface area (Å²) in [5, 5.41) is 0. The lowest BCUT2D eigenvalue weighted by atomic mass is 11.8. The topological polar surface area (TPSA) is 17.1 Å². The lowest BCUT2D eigenvalue weighted by Crippen LogP contribution is -1.65. The fraction of sp³-hybridized carbons (Fsp3) is 0. The summed E-state index contributed by atoms with van der Waals surface area (Å²) in [6, 6.07) is 0. The summed E-state index contributed by atoms with van der Waals surface area (Å²) in [6.07, 6.45) is 0. The molecule has 0 fully saturated rings. The molecule has 0 rings (SSSR count). The second kappa shape index (κ2) is 2.82. The molecule has 0 saturated heterocycles. The molecule has 0 aliphatic rings. The smallest absolute Gasteiger partial charge is 0.212 e. The van der Waals surface area contributed by atoms with Gasteiger partial charge in [-0.15, -0.1) is 0 Å². The number of halogens is 2. The van der Waals surface area contributed by atoms with Crippen LogP contribution in [0.25, 0.3) is 0 Å². The molecule has 0 amide bonds. The van der Waals surface area contributed by atoms with Crippen molar-refractivity contribution < 1.29 is 16.4 Å². The Bertz CT molecular complexity index is 44.9. The van der Waals surface area contributed by atoms with E-state index in [-0.39, 0.29) is 0 Å². The van der Waals surface area contributed by atoms with E-state index >= 15 is 0 Å². The molecule has 0 heterocycles. The van der Waals surface area contributed by atoms with Gasteiger partial charge in [-0.3, -0.25) is 0 Å². The van der Waals surface area contributed by atoms with Crippen LogP contribution in [0, 0.1) is 11.6 Å². The molecule has 5 heavy (non-hydrogen) atoms. The maximum Gasteiger partial charge on any atom is 0.475 e. The summed E-state index contributed by atoms with van der Waals surface area (Å²) in [6.45, 7) is 0. The maximum atomic E-state index is 9.46. The van der Waals surface area contributed by atoms with Gasteiger partial charge in [-0.25, -0.2) is 4.79 Å². The molecule has 0 unspecified atom stereocenters. The van der Waals surface area contributed by atoms with Gasteiger partial charge in [0.25, 0.3) is 0 Å². The van der Waals surface area contributed by atoms with Crippen molar-refractivity contribution in [1.29, 1.82) is 0 Å². The summed E-state index contributed by atoms with van der Waals surface area (Å²) in [4.78, 5) is 9.46. The van der Waals surface area contributed by atoms with Crippen LogP contribution in [0.2, 0.25) is 0 Å². The zero-order valence-corrected chi connectivity index (χ0v) is 4.49. The van der Waals surface area contributed by atoms with Gasteiger partial charge in [-0.1, -0.05) is 0 Å². The monoisotopic (exact) mass is 131 g/mol. The van der Waals surface area contributed by atoms with Crippen molar-refractivity contribution in [3.63, 3.8) is 0 Å². The Balaban J connectivity index is 2.85. The summed E-state index contributed by atoms with van der Waals surface area (Å²) in [7, 11) is 5.33. The van der Waals surface area contributed by atoms with E-state index < -0.39 is 4.57 Å². The van der Waals surface area contributed by atoms with Crippen LogP contribution in [0.4, 0.5) is 4.79 Å². The molecule has 0 bridgehead atoms. The van der Waals surface area contributed by atoms with Gasteiger partial charge in [0.05, 0.1) is 11.0 Å². The minimum atomic E-state index is -0.480. The highest BCUT2D eigenvalue weighted by Crippen LogP contribution is 2.05. The molecule has 0 aliphatic carbocycles. The molecule has 0 N–H and O–H groups in total. The first kappa shape index (κ1) is 5.60. The van der Waals surface area contributed by atoms with Gasteiger partial charge in [0, 0.05) is 0 Å². The van der Waals surface area contributed by atoms with E-state index in [0.717, 1.165) is 0 Å². The Morgan fingerprint density at radius 2 is 2.20 bits per heavy atom. The number of hydrogen-bond donors (Lipinski definition) is 0. The third-order valence-electron chi connectivity index (χ3n) is 0.0630. The minimum Gasteiger partial charge on any atom is -0.212 e. The van der Waals surface area contributed by atoms with E-state index in [1.165, 1.54) is 0 Å². The van der Waals surface area contributed by atoms with Crippen molar-refractivity contribution in [2.24, 2.45) is 0 Å². The Morgan fingerprint density at radius 1 is 2.00 bits per heavy atom. The normalized spacial score (nSPS) is 7.60. The summed E-state index contributed by atoms with van der Waals surface area (Å²) >= 11 is 3.97. The zero-order chi connectivity index (χ0) is 4.28. The van der Waals surface area contributed by atoms with E-state index in [9.17, 15) is 4.79 Å². The lowest BCUT2D eigenvalue weighted by molar-refractivity contribution is -0.232. The van der Waals surface area contributed by atoms with Crippen molar-refractivity contribution in [1.82, 2.24) is 0 Å². The fourth-order valence-electron chi connectivity index (χ4n) is 0. The average Bonchev–Trinajstić information content (AvgIpc) is 1.38. The molecule has 0 radical (unpaired) electrons. The fourth-order valence-corrected chi connectivity index (χ4v) is 0. The van der Waals surface area contributed by atoms with Gasteiger partial charge in [-0.2, -0.15) is 0 Å². The number of carbonyl (C=O) groups excluding carboxylic acids is 1. The largest absolute Gasteiger partial charge is 0.475 e. The van der Waals surface area contributed by atoms with Gasteiger partial charge < -0.3 is 0 Å². The van der Waals surface area contributed by atoms with Gasteiger partial charge in [0.2, 0.25) is 11.6 Å². The maximum absolute atomic E-state index is 9.46. The van der Waals surface area contributed by atoms with E-state index in [1.807, 2.05) is 0 Å². The molecule has 1 nitrogen and oxygen atoms in total. The molecule has 0 aromatic heterocycles. The molecule has 0 aliphatic heterocycles. The lowest BCUT2D eigenvalue weighted by Gasteiger charge is -1.53. The van der Waals surface area contributed by atoms with Crippen molar-refractivity contribution in [2.75, 3.05) is 0 Å². The van der Waals surface area contributed by atoms with E-state index in [2.05, 4.69) is 11.6 Å². The Hall–Kier alpha value is 0.600. The van der Waals surface area contributed by atoms with E-state index in [1.54, 1.807) is 0 Å². The van der Waals surface area contributed by atoms with Crippen LogP contribution in [0.3, 0.4) is 0 Å². The summed E-state index contributed by atoms with van der Waals surface area (Å²) < 4.78 is -0.480. The highest BCUT2D eigenvalue weighted by molar-refractivity contribution is 8.32. The van der Waals surface area contributed by atoms with Crippen LogP contribution in [0.15, 0.2) is 0 Å². The molecule has 0 atom stereocenters. The Kier molecular flexibility index (Phi) is 3.16. The first-order valence-electron chi connectivity index (χ1n) is 0.767. The average molecular weight is 132 g/mol. The first-order valence-corrected chi connectivity index (χ1v) is 2.82. The van der Waals surface area contributed by atoms with Crippen molar-refractivity contribution in [2.45, 2.75) is 0 Å². The SMILES string of the molecule is O=C([ClH+])SCl. The highest BCUT2D eigenvalue weighted by atomic mass is 35.7. The summed E-state index contributed by atoms with van der Waals surface area (Å²) in [5.74, 6) is 0. The van der Waals surface area contributed by atoms with E-state index in [4.69, 9.17) is 10.7 Å². The van der Waals surface area contributed by atoms with Gasteiger partial charge >= 0.3 is 4.57 Å². The predicted octanol–water partition coefficient (Wildman–Crippen LogP) is 1.27. The molecule has 0 aromatic carbocycles. The second-order valence-electron chi connectivity index (χ2n) is 0.327. The van der Waals surface area contributed by atoms with Gasteiger partial charge in [0.1, 0.15) is 0 Å². The standard InChI is InChI=1S/CHCl2OS/c2-1(4)5-3/h2H/q+1. The van der Waals surface area contributed by atoms with Gasteiger partial charge in [0.15, 0.2) is 0 Å². The molecule has 0 spiro atoms. The summed E-state index contributed by atoms with van der Waals surface area (Å²) in [5.41, 5.74) is 0. The molecule has 4 heteroatoms. The number of hydrogen-bond acceptors (Lipinski definition) is 2. The third-order valence-corrected chi connectivity index (χ3v) is 1.13. The van der Waals surface area contributed by atoms with Crippen LogP contribution in [0.1, 0.15) is 0 Å². The zero-order valence-electron chi connectivity index (χ0n) is 2.10. The molecule has 0 saturated carbocycles. The minimum absolute atomic E-state index is 0.480. The highest BCUT2D eigenvalue weighted by Gasteiger charge is 1.98. The van der Waals surface area contributed by atoms with Gasteiger partial charge in [-0.05, 0) is 10.7 Å². The van der Waals surface area contributed by atoms with Crippen LogP contribution in [-0.2, 0) is 0 Å². The van der Waals surface area contributed by atoms with Crippen LogP contribution in [0.5, 0.6) is 0 Å². The molecule has 30 valence electrons. The van der Waals surface area contributed by atoms with Crippen LogP contribution < -0.4 is 0 Å². The molecular formula is CHCl2OS+. The molecule has 0 aromatic rings. The third kappa shape index (κ3) is 4.60. The number of rotatable bonds is 0. The van der Waals surface area contributed by atoms with Crippen LogP contribution in [-0.4, -0.2) is 4.57 Å². The Labute approximate surface area is 43.1 Å². The second-order valence-corrected chi connectivity index (χ2v) is 1.94. The predicted molar refractivity (Wildman–Crippen MR) is 20.2 cm³/mol.